The van der Waals surface area contributed by atoms with E-state index >= 15 is 0 Å². The zero-order valence-electron chi connectivity index (χ0n) is 79.2. The van der Waals surface area contributed by atoms with E-state index in [9.17, 15) is 86.3 Å². The van der Waals surface area contributed by atoms with Gasteiger partial charge in [0.2, 0.25) is 0 Å². The first-order chi connectivity index (χ1) is 70.3. The fourth-order valence-corrected chi connectivity index (χ4v) is 8.37. The van der Waals surface area contributed by atoms with Crippen LogP contribution < -0.4 is 0 Å². The van der Waals surface area contributed by atoms with Crippen molar-refractivity contribution in [3.63, 3.8) is 0 Å². The number of nitrogens with zero attached hydrogens (tertiary/aromatic N) is 11. The van der Waals surface area contributed by atoms with Gasteiger partial charge in [0.1, 0.15) is 62.6 Å². The summed E-state index contributed by atoms with van der Waals surface area (Å²) in [6.07, 6.45) is 16.0. The normalized spacial score (nSPS) is 8.78. The second kappa shape index (κ2) is 79.5. The van der Waals surface area contributed by atoms with Crippen LogP contribution in [-0.2, 0) is 85.7 Å². The molecule has 0 fully saturated rings. The van der Waals surface area contributed by atoms with Gasteiger partial charge < -0.3 is 88.2 Å². The summed E-state index contributed by atoms with van der Waals surface area (Å²) < 4.78 is 45.6. The Balaban J connectivity index is -0.000000764. The van der Waals surface area contributed by atoms with Crippen LogP contribution in [0.3, 0.4) is 0 Å². The molecule has 11 aromatic rings. The van der Waals surface area contributed by atoms with E-state index in [1.54, 1.807) is 82.6 Å². The molecular formula is C93H87N11O44. The predicted octanol–water partition coefficient (Wildman–Crippen LogP) is 7.19. The lowest BCUT2D eigenvalue weighted by Gasteiger charge is -2.03. The summed E-state index contributed by atoms with van der Waals surface area (Å²) in [5.41, 5.74) is 3.27. The first kappa shape index (κ1) is 133. The molecule has 0 aliphatic rings. The molecule has 778 valence electrons. The standard InChI is InChI=1S/C11H13NO4.3C9H9NO4.2C8H7NO4.C8H9NO2.C7H5NO4.2C7H7NO2.C6H5NO2.4CO2/c1-3-15-10(13)8-5-6-12-9(7-8)11(14)16-4-2;1-13-8(11)6-3-4-10-7(5-6)9(12)14-2;1-2-14-9(13)6-3-4-10-7(5-6)8(11)12;1-2-14-9(13)7-5-6(8(11)12)3-4-10-7;1-13-8(12)5-2-3-9-6(4-5)7(10)11;1-13-8(12)6-4-5(7(10)11)2-3-9-6;1-6-3-4-7(9-5-6)8(10)11-2;9-6(10)4-1-2-8-5(3-4)7(11)12;1-5-2-3-6(7(9)10)8-4-5;1-10-7(9)6-4-2-3-5-8-6;8-6(9)5-3-1-2-4-7-5;4*2-1-3/h5-7H,3-4H2,1-2H3;3-5H,1-2H3;2*3-5H,2H2,1H3,(H,11,12);2*2-4H,1H3,(H,10,11);3-5H,1-2H3;1-3H,(H,9,10)(H,11,12);2-4H,1H3,(H,9,10);2-5H,1H3;1-4H,(H,8,9);;;;. The van der Waals surface area contributed by atoms with Crippen LogP contribution in [0.5, 0.6) is 0 Å². The lowest BCUT2D eigenvalue weighted by Crippen LogP contribution is -2.10. The van der Waals surface area contributed by atoms with Crippen molar-refractivity contribution in [2.24, 2.45) is 0 Å². The molecule has 0 bridgehead atoms. The molecule has 11 aromatic heterocycles. The van der Waals surface area contributed by atoms with Gasteiger partial charge in [0.05, 0.1) is 108 Å². The maximum Gasteiger partial charge on any atom is 0.373 e. The van der Waals surface area contributed by atoms with Crippen molar-refractivity contribution in [3.05, 3.63) is 326 Å². The highest BCUT2D eigenvalue weighted by Crippen LogP contribution is 2.12. The van der Waals surface area contributed by atoms with Gasteiger partial charge in [0, 0.05) is 68.2 Å². The molecule has 0 atom stereocenters. The molecule has 148 heavy (non-hydrogen) atoms. The number of hydrogen-bond donors (Lipinski definition) is 8. The zero-order valence-corrected chi connectivity index (χ0v) is 79.2. The molecule has 0 aromatic carbocycles. The molecule has 0 aliphatic heterocycles. The number of pyridine rings is 11. The molecule has 0 spiro atoms. The minimum Gasteiger partial charge on any atom is -0.478 e. The monoisotopic (exact) mass is 2060 g/mol. The Hall–Kier alpha value is -21.4. The fraction of sp³-hybridized carbons (Fsp3) is 0.172. The van der Waals surface area contributed by atoms with Gasteiger partial charge in [-0.3, -0.25) is 0 Å². The van der Waals surface area contributed by atoms with Crippen molar-refractivity contribution >= 4 is 132 Å². The summed E-state index contributed by atoms with van der Waals surface area (Å²) >= 11 is 0. The van der Waals surface area contributed by atoms with Crippen LogP contribution in [0, 0.1) is 13.8 Å². The van der Waals surface area contributed by atoms with Crippen molar-refractivity contribution < 1.29 is 213 Å². The molecule has 11 rings (SSSR count). The summed E-state index contributed by atoms with van der Waals surface area (Å²) in [5, 5.41) is 68.0. The van der Waals surface area contributed by atoms with E-state index in [1.807, 2.05) is 19.9 Å². The summed E-state index contributed by atoms with van der Waals surface area (Å²) in [7, 11) is 7.61. The molecule has 0 radical (unpaired) electrons. The number of rotatable bonds is 22. The number of esters is 10. The number of carboxylic acids is 8. The summed E-state index contributed by atoms with van der Waals surface area (Å²) in [6.45, 7) is 11.6. The van der Waals surface area contributed by atoms with E-state index in [-0.39, 0.29) is 136 Å². The largest absolute Gasteiger partial charge is 0.478 e. The van der Waals surface area contributed by atoms with Crippen molar-refractivity contribution in [1.82, 2.24) is 54.8 Å². The fourth-order valence-electron chi connectivity index (χ4n) is 8.37. The van der Waals surface area contributed by atoms with Crippen molar-refractivity contribution in [1.29, 1.82) is 0 Å². The lowest BCUT2D eigenvalue weighted by molar-refractivity contribution is -0.193. The number of hydrogen-bond acceptors (Lipinski definition) is 47. The van der Waals surface area contributed by atoms with E-state index in [0.717, 1.165) is 35.5 Å². The highest BCUT2D eigenvalue weighted by molar-refractivity contribution is 5.98. The van der Waals surface area contributed by atoms with Crippen LogP contribution in [0.2, 0.25) is 0 Å². The van der Waals surface area contributed by atoms with Crippen LogP contribution >= 0.6 is 0 Å². The van der Waals surface area contributed by atoms with E-state index in [0.29, 0.717) is 17.0 Å². The molecule has 0 amide bonds. The Morgan fingerprint density at radius 3 is 0.622 bits per heavy atom. The SMILES string of the molecule is CCOC(=O)c1cc(C(=O)O)ccn1.CCOC(=O)c1ccnc(C(=O)O)c1.CCOC(=O)c1ccnc(C(=O)OCC)c1.COC(=O)c1cc(C(=O)O)ccn1.COC(=O)c1ccc(C)cn1.COC(=O)c1ccccn1.COC(=O)c1ccnc(C(=O)O)c1.COC(=O)c1ccnc(C(=O)OC)c1.Cc1ccc(C(=O)O)nc1.O=C(O)c1ccccn1.O=C(O)c1ccnc(C(=O)O)c1.O=C=O.O=C=O.O=C=O.O=C=O. The van der Waals surface area contributed by atoms with Gasteiger partial charge in [0.15, 0.2) is 0 Å². The third kappa shape index (κ3) is 58.4. The molecule has 0 saturated carbocycles. The summed E-state index contributed by atoms with van der Waals surface area (Å²) in [5.74, 6) is -14.2. The highest BCUT2D eigenvalue weighted by Gasteiger charge is 2.19. The maximum absolute atomic E-state index is 11.4. The maximum atomic E-state index is 11.4. The van der Waals surface area contributed by atoms with Gasteiger partial charge in [-0.2, -0.15) is 38.4 Å². The lowest BCUT2D eigenvalue weighted by atomic mass is 10.2. The van der Waals surface area contributed by atoms with Crippen molar-refractivity contribution in [2.75, 3.05) is 69.1 Å². The first-order valence-corrected chi connectivity index (χ1v) is 39.7. The van der Waals surface area contributed by atoms with Crippen molar-refractivity contribution in [3.8, 4) is 0 Å². The molecule has 0 saturated heterocycles. The molecule has 8 N–H and O–H groups in total. The number of methoxy groups -OCH3 is 6. The van der Waals surface area contributed by atoms with Crippen LogP contribution in [-0.4, -0.2) is 297 Å². The quantitative estimate of drug-likeness (QED) is 0.0246. The van der Waals surface area contributed by atoms with Crippen LogP contribution in [0.25, 0.3) is 0 Å². The van der Waals surface area contributed by atoms with E-state index in [2.05, 4.69) is 88.0 Å². The highest BCUT2D eigenvalue weighted by atomic mass is 16.6. The second-order valence-electron chi connectivity index (χ2n) is 24.5. The Bertz CT molecular complexity index is 6050. The summed E-state index contributed by atoms with van der Waals surface area (Å²) in [6, 6.07) is 34.4. The Morgan fingerprint density at radius 1 is 0.209 bits per heavy atom. The smallest absolute Gasteiger partial charge is 0.373 e. The summed E-state index contributed by atoms with van der Waals surface area (Å²) in [4.78, 5) is 299. The number of carbonyl (C=O) groups excluding carboxylic acids is 18. The Labute approximate surface area is 833 Å². The number of aromatic nitrogens is 11. The molecule has 55 heteroatoms. The van der Waals surface area contributed by atoms with Crippen molar-refractivity contribution in [2.45, 2.75) is 41.5 Å². The minimum atomic E-state index is -1.24. The first-order valence-electron chi connectivity index (χ1n) is 39.7. The van der Waals surface area contributed by atoms with Gasteiger partial charge in [-0.05, 0) is 174 Å². The van der Waals surface area contributed by atoms with E-state index in [4.69, 9.17) is 93.4 Å². The van der Waals surface area contributed by atoms with Gasteiger partial charge in [-0.1, -0.05) is 24.3 Å². The van der Waals surface area contributed by atoms with Gasteiger partial charge in [-0.25, -0.2) is 141 Å². The van der Waals surface area contributed by atoms with Crippen LogP contribution in [0.15, 0.2) is 214 Å². The topological polar surface area (TPSA) is 840 Å². The molecule has 0 unspecified atom stereocenters. The number of ether oxygens (including phenoxy) is 10. The second-order valence-corrected chi connectivity index (χ2v) is 24.5. The number of aromatic carboxylic acids is 8. The van der Waals surface area contributed by atoms with E-state index in [1.165, 1.54) is 171 Å². The Kier molecular flexibility index (Phi) is 71.4. The third-order valence-corrected chi connectivity index (χ3v) is 14.7. The van der Waals surface area contributed by atoms with Gasteiger partial charge in [0.25, 0.3) is 0 Å². The number of carboxylic acid groups (broad SMARTS) is 8. The average Bonchev–Trinajstić information content (AvgIpc) is 0.877. The average molecular weight is 2060 g/mol. The van der Waals surface area contributed by atoms with Gasteiger partial charge >= 0.3 is 132 Å². The molecule has 55 nitrogen and oxygen atoms in total. The van der Waals surface area contributed by atoms with Crippen LogP contribution in [0.1, 0.15) is 227 Å². The molecule has 11 heterocycles. The zero-order chi connectivity index (χ0) is 113. The number of aryl methyl sites for hydroxylation is 2. The Morgan fingerprint density at radius 2 is 0.399 bits per heavy atom. The predicted molar refractivity (Wildman–Crippen MR) is 484 cm³/mol. The molecular weight excluding hydrogens is 1980 g/mol. The molecule has 0 aliphatic carbocycles. The van der Waals surface area contributed by atoms with E-state index < -0.39 is 107 Å². The number of carbonyl (C=O) groups is 18. The van der Waals surface area contributed by atoms with Crippen LogP contribution in [0.4, 0.5) is 0 Å². The third-order valence-electron chi connectivity index (χ3n) is 14.7. The minimum absolute atomic E-state index is 0.00625. The van der Waals surface area contributed by atoms with Gasteiger partial charge in [-0.15, -0.1) is 0 Å².